The van der Waals surface area contributed by atoms with Gasteiger partial charge in [-0.2, -0.15) is 0 Å². The minimum absolute atomic E-state index is 0.0528. The van der Waals surface area contributed by atoms with Crippen molar-refractivity contribution in [3.8, 4) is 0 Å². The lowest BCUT2D eigenvalue weighted by atomic mass is 9.36. The molecule has 4 aliphatic rings. The van der Waals surface area contributed by atoms with Gasteiger partial charge in [-0.3, -0.25) is 14.4 Å². The van der Waals surface area contributed by atoms with Gasteiger partial charge >= 0.3 is 17.9 Å². The van der Waals surface area contributed by atoms with E-state index in [1.165, 1.54) is 154 Å². The Labute approximate surface area is 534 Å². The van der Waals surface area contributed by atoms with E-state index >= 15 is 0 Å². The fourth-order valence-corrected chi connectivity index (χ4v) is 15.0. The average Bonchev–Trinajstić information content (AvgIpc) is 0.712. The third kappa shape index (κ3) is 36.8. The Morgan fingerprint density at radius 1 is 0.287 bits per heavy atom. The highest BCUT2D eigenvalue weighted by atomic mass is 16.7. The Kier molecular flexibility index (Phi) is 46.2. The Morgan fingerprint density at radius 2 is 0.471 bits per heavy atom. The van der Waals surface area contributed by atoms with Crippen LogP contribution in [0.5, 0.6) is 0 Å². The van der Waals surface area contributed by atoms with Crippen LogP contribution in [0.4, 0.5) is 0 Å². The summed E-state index contributed by atoms with van der Waals surface area (Å²) in [4.78, 5) is 41.9. The van der Waals surface area contributed by atoms with Crippen molar-refractivity contribution in [1.82, 2.24) is 0 Å². The lowest BCUT2D eigenvalue weighted by Gasteiger charge is -2.69. The lowest BCUT2D eigenvalue weighted by molar-refractivity contribution is -0.247. The van der Waals surface area contributed by atoms with Gasteiger partial charge in [0.1, 0.15) is 0 Å². The molecule has 0 aromatic heterocycles. The van der Waals surface area contributed by atoms with E-state index in [0.29, 0.717) is 97.4 Å². The number of aliphatic hydroxyl groups is 1. The number of ether oxygens (including phenoxy) is 9. The van der Waals surface area contributed by atoms with Crippen LogP contribution in [-0.2, 0) is 57.0 Å². The van der Waals surface area contributed by atoms with Crippen LogP contribution < -0.4 is 0 Å². The molecule has 0 saturated heterocycles. The van der Waals surface area contributed by atoms with Crippen molar-refractivity contribution in [2.75, 3.05) is 66.1 Å². The van der Waals surface area contributed by atoms with Crippen LogP contribution in [0.15, 0.2) is 0 Å². The van der Waals surface area contributed by atoms with Gasteiger partial charge in [-0.1, -0.05) is 234 Å². The lowest BCUT2D eigenvalue weighted by Crippen LogP contribution is -2.65. The summed E-state index contributed by atoms with van der Waals surface area (Å²) in [6, 6.07) is 0. The molecule has 0 aliphatic heterocycles. The predicted octanol–water partition coefficient (Wildman–Crippen LogP) is 19.5. The first-order valence-corrected chi connectivity index (χ1v) is 37.2. The van der Waals surface area contributed by atoms with Crippen molar-refractivity contribution in [1.29, 1.82) is 0 Å². The molecule has 4 bridgehead atoms. The number of esters is 3. The Balaban J connectivity index is 1.77. The monoisotopic (exact) mass is 1240 g/mol. The summed E-state index contributed by atoms with van der Waals surface area (Å²) >= 11 is 0. The van der Waals surface area contributed by atoms with E-state index in [9.17, 15) is 19.5 Å². The summed E-state index contributed by atoms with van der Waals surface area (Å²) in [7, 11) is 0. The van der Waals surface area contributed by atoms with E-state index in [4.69, 9.17) is 42.6 Å². The zero-order valence-electron chi connectivity index (χ0n) is 57.6. The maximum absolute atomic E-state index is 14.0. The minimum atomic E-state index is -0.514. The number of unbranched alkanes of at least 4 members (excludes halogenated alkanes) is 30. The maximum atomic E-state index is 14.0. The van der Waals surface area contributed by atoms with Crippen molar-refractivity contribution in [2.45, 2.75) is 369 Å². The van der Waals surface area contributed by atoms with Gasteiger partial charge in [0, 0.05) is 81.8 Å². The molecule has 4 aliphatic carbocycles. The number of aliphatic hydroxyl groups excluding tert-OH is 1. The number of carbonyl (C=O) groups is 3. The third-order valence-corrected chi connectivity index (χ3v) is 19.0. The Bertz CT molecular complexity index is 1410. The number of hydrogen-bond donors (Lipinski definition) is 1. The van der Waals surface area contributed by atoms with Crippen molar-refractivity contribution in [2.24, 2.45) is 21.7 Å². The highest BCUT2D eigenvalue weighted by Crippen LogP contribution is 2.74. The van der Waals surface area contributed by atoms with Crippen LogP contribution in [0.2, 0.25) is 0 Å². The first-order valence-electron chi connectivity index (χ1n) is 37.2. The molecule has 4 saturated carbocycles. The molecule has 512 valence electrons. The zero-order chi connectivity index (χ0) is 62.8. The largest absolute Gasteiger partial charge is 0.465 e. The third-order valence-electron chi connectivity index (χ3n) is 19.0. The maximum Gasteiger partial charge on any atom is 0.305 e. The van der Waals surface area contributed by atoms with Gasteiger partial charge in [-0.05, 0) is 82.5 Å². The van der Waals surface area contributed by atoms with Crippen molar-refractivity contribution in [3.05, 3.63) is 0 Å². The molecule has 1 N–H and O–H groups in total. The molecule has 0 amide bonds. The summed E-state index contributed by atoms with van der Waals surface area (Å²) in [5, 5.41) is 11.5. The highest BCUT2D eigenvalue weighted by Gasteiger charge is 2.69. The van der Waals surface area contributed by atoms with E-state index in [0.717, 1.165) is 77.0 Å². The van der Waals surface area contributed by atoms with E-state index < -0.39 is 40.5 Å². The van der Waals surface area contributed by atoms with E-state index in [1.807, 2.05) is 0 Å². The summed E-state index contributed by atoms with van der Waals surface area (Å²) in [6.45, 7) is 17.5. The van der Waals surface area contributed by atoms with Crippen LogP contribution >= 0.6 is 0 Å². The quantitative estimate of drug-likeness (QED) is 0.0266. The van der Waals surface area contributed by atoms with E-state index in [1.54, 1.807) is 0 Å². The Hall–Kier alpha value is -1.87. The SMILES string of the molecule is CCCCCCCCOC(CCC(=O)OCC12CC3(CO)CC(COC(=O)CCC(OCCCCCCCC)OCCCCCCCC)(C1)CC(COC(=O)CCC(OCCCCCCCC)OCCCCCCCC)(C3)C2)OCCCCCCCC. The summed E-state index contributed by atoms with van der Waals surface area (Å²) in [5.41, 5.74) is -2.03. The summed E-state index contributed by atoms with van der Waals surface area (Å²) in [5.74, 6) is -0.875. The van der Waals surface area contributed by atoms with Crippen molar-refractivity contribution in [3.63, 3.8) is 0 Å². The fourth-order valence-electron chi connectivity index (χ4n) is 15.0. The molecule has 13 nitrogen and oxygen atoms in total. The number of hydrogen-bond acceptors (Lipinski definition) is 13. The second-order valence-electron chi connectivity index (χ2n) is 27.9. The molecule has 87 heavy (non-hydrogen) atoms. The van der Waals surface area contributed by atoms with E-state index in [-0.39, 0.29) is 63.6 Å². The minimum Gasteiger partial charge on any atom is -0.465 e. The van der Waals surface area contributed by atoms with Gasteiger partial charge in [-0.25, -0.2) is 0 Å². The van der Waals surface area contributed by atoms with Gasteiger partial charge in [0.2, 0.25) is 0 Å². The second kappa shape index (κ2) is 50.7. The molecule has 0 aromatic rings. The zero-order valence-corrected chi connectivity index (χ0v) is 57.6. The summed E-state index contributed by atoms with van der Waals surface area (Å²) < 4.78 is 56.9. The fraction of sp³-hybridized carbons (Fsp3) is 0.959. The molecule has 0 atom stereocenters. The van der Waals surface area contributed by atoms with E-state index in [2.05, 4.69) is 41.5 Å². The van der Waals surface area contributed by atoms with Gasteiger partial charge in [0.15, 0.2) is 18.9 Å². The normalized spacial score (nSPS) is 20.6. The highest BCUT2D eigenvalue weighted by molar-refractivity contribution is 5.70. The van der Waals surface area contributed by atoms with Gasteiger partial charge in [0.25, 0.3) is 0 Å². The van der Waals surface area contributed by atoms with Crippen LogP contribution in [0.25, 0.3) is 0 Å². The first-order chi connectivity index (χ1) is 42.5. The van der Waals surface area contributed by atoms with Crippen molar-refractivity contribution < 1.29 is 62.1 Å². The summed E-state index contributed by atoms with van der Waals surface area (Å²) in [6.07, 6.45) is 46.5. The topological polar surface area (TPSA) is 155 Å². The standard InChI is InChI=1S/C74H138O13/c1-7-13-19-25-31-37-49-79-68(80-50-38-32-26-20-14-8-2)46-43-65(76)85-62-72-55-71(61-75)56-73(58-72,63-86-66(77)44-47-69(81-51-39-33-27-21-15-9-3)82-52-40-34-28-22-16-10-4)60-74(57-71,59-72)64-87-67(78)45-48-70(83-53-41-35-29-23-17-11-5)84-54-42-36-30-24-18-12-6/h68-70,75H,7-64H2,1-6H3. The molecule has 0 unspecified atom stereocenters. The molecule has 0 aromatic carbocycles. The van der Waals surface area contributed by atoms with Crippen molar-refractivity contribution >= 4 is 17.9 Å². The molecule has 0 radical (unpaired) electrons. The molecule has 4 rings (SSSR count). The van der Waals surface area contributed by atoms with Gasteiger partial charge in [-0.15, -0.1) is 0 Å². The Morgan fingerprint density at radius 3 is 0.667 bits per heavy atom. The second-order valence-corrected chi connectivity index (χ2v) is 27.9. The predicted molar refractivity (Wildman–Crippen MR) is 352 cm³/mol. The van der Waals surface area contributed by atoms with Crippen LogP contribution in [0, 0.1) is 21.7 Å². The molecular weight excluding hydrogens is 1100 g/mol. The molecular formula is C74H138O13. The van der Waals surface area contributed by atoms with Crippen LogP contribution in [0.3, 0.4) is 0 Å². The van der Waals surface area contributed by atoms with Crippen LogP contribution in [-0.4, -0.2) is 108 Å². The number of rotatable bonds is 64. The van der Waals surface area contributed by atoms with Gasteiger partial charge < -0.3 is 47.7 Å². The number of carbonyl (C=O) groups excluding carboxylic acids is 3. The molecule has 0 heterocycles. The molecule has 0 spiro atoms. The molecule has 13 heteroatoms. The first kappa shape index (κ1) is 79.4. The smallest absolute Gasteiger partial charge is 0.305 e. The molecule has 4 fully saturated rings. The van der Waals surface area contributed by atoms with Gasteiger partial charge in [0.05, 0.1) is 39.1 Å². The average molecular weight is 1240 g/mol. The van der Waals surface area contributed by atoms with Crippen LogP contribution in [0.1, 0.15) is 350 Å².